The number of aryl methyl sites for hydroxylation is 2. The molecule has 0 atom stereocenters. The van der Waals surface area contributed by atoms with Crippen molar-refractivity contribution < 1.29 is 0 Å². The summed E-state index contributed by atoms with van der Waals surface area (Å²) >= 11 is 5.49. The van der Waals surface area contributed by atoms with Gasteiger partial charge in [0.1, 0.15) is 0 Å². The number of hydrogen-bond donors (Lipinski definition) is 1. The van der Waals surface area contributed by atoms with Gasteiger partial charge in [-0.25, -0.2) is 0 Å². The standard InChI is InChI=1S/C19H22N2S/c1-15-10-11-18-17(13-15)14-21(19(22)20-18)12-6-5-9-16-7-3-2-4-8-16/h2-4,7-8,10-11,13H,5-6,9,12,14H2,1H3,(H,20,22). The predicted octanol–water partition coefficient (Wildman–Crippen LogP) is 4.53. The van der Waals surface area contributed by atoms with Crippen LogP contribution >= 0.6 is 12.2 Å². The first kappa shape index (κ1) is 15.0. The third kappa shape index (κ3) is 3.66. The van der Waals surface area contributed by atoms with Crippen LogP contribution in [0.2, 0.25) is 0 Å². The highest BCUT2D eigenvalue weighted by atomic mass is 32.1. The Morgan fingerprint density at radius 2 is 1.91 bits per heavy atom. The maximum Gasteiger partial charge on any atom is 0.173 e. The zero-order valence-corrected chi connectivity index (χ0v) is 13.8. The lowest BCUT2D eigenvalue weighted by molar-refractivity contribution is 0.399. The SMILES string of the molecule is Cc1ccc2c(c1)CN(CCCCc1ccccc1)C(=S)N2. The molecular weight excluding hydrogens is 288 g/mol. The van der Waals surface area contributed by atoms with E-state index in [1.165, 1.54) is 23.1 Å². The van der Waals surface area contributed by atoms with Gasteiger partial charge in [0.25, 0.3) is 0 Å². The summed E-state index contributed by atoms with van der Waals surface area (Å²) in [4.78, 5) is 2.28. The van der Waals surface area contributed by atoms with E-state index in [1.54, 1.807) is 0 Å². The van der Waals surface area contributed by atoms with Gasteiger partial charge in [-0.05, 0) is 55.6 Å². The summed E-state index contributed by atoms with van der Waals surface area (Å²) in [5, 5.41) is 4.21. The van der Waals surface area contributed by atoms with Crippen LogP contribution in [0.4, 0.5) is 5.69 Å². The largest absolute Gasteiger partial charge is 0.345 e. The van der Waals surface area contributed by atoms with E-state index in [1.807, 2.05) is 0 Å². The van der Waals surface area contributed by atoms with Crippen molar-refractivity contribution in [3.05, 3.63) is 65.2 Å². The van der Waals surface area contributed by atoms with Crippen LogP contribution in [-0.2, 0) is 13.0 Å². The Balaban J connectivity index is 1.52. The van der Waals surface area contributed by atoms with Crippen LogP contribution in [-0.4, -0.2) is 16.6 Å². The van der Waals surface area contributed by atoms with E-state index >= 15 is 0 Å². The second-order valence-electron chi connectivity index (χ2n) is 5.96. The minimum Gasteiger partial charge on any atom is -0.345 e. The summed E-state index contributed by atoms with van der Waals surface area (Å²) in [7, 11) is 0. The van der Waals surface area contributed by atoms with Crippen molar-refractivity contribution >= 4 is 23.0 Å². The Hall–Kier alpha value is -1.87. The van der Waals surface area contributed by atoms with Crippen LogP contribution in [0.25, 0.3) is 0 Å². The van der Waals surface area contributed by atoms with Gasteiger partial charge in [0.2, 0.25) is 0 Å². The fourth-order valence-corrected chi connectivity index (χ4v) is 3.17. The number of nitrogens with one attached hydrogen (secondary N) is 1. The molecule has 0 spiro atoms. The van der Waals surface area contributed by atoms with Crippen LogP contribution in [0, 0.1) is 6.92 Å². The number of fused-ring (bicyclic) bond motifs is 1. The molecule has 0 aliphatic carbocycles. The normalized spacial score (nSPS) is 13.7. The number of unbranched alkanes of at least 4 members (excludes halogenated alkanes) is 1. The molecule has 2 aromatic carbocycles. The highest BCUT2D eigenvalue weighted by Gasteiger charge is 2.18. The molecule has 0 saturated carbocycles. The maximum atomic E-state index is 5.49. The average molecular weight is 310 g/mol. The van der Waals surface area contributed by atoms with Crippen LogP contribution < -0.4 is 5.32 Å². The molecule has 22 heavy (non-hydrogen) atoms. The van der Waals surface area contributed by atoms with Gasteiger partial charge in [0.05, 0.1) is 0 Å². The molecule has 1 N–H and O–H groups in total. The van der Waals surface area contributed by atoms with Crippen LogP contribution in [0.15, 0.2) is 48.5 Å². The van der Waals surface area contributed by atoms with E-state index in [0.717, 1.165) is 36.7 Å². The molecule has 0 saturated heterocycles. The van der Waals surface area contributed by atoms with E-state index in [2.05, 4.69) is 65.7 Å². The first-order valence-corrected chi connectivity index (χ1v) is 8.32. The predicted molar refractivity (Wildman–Crippen MR) is 97.2 cm³/mol. The third-order valence-electron chi connectivity index (χ3n) is 4.14. The Labute approximate surface area is 138 Å². The lowest BCUT2D eigenvalue weighted by Gasteiger charge is -2.32. The molecule has 114 valence electrons. The molecule has 0 amide bonds. The molecule has 0 aromatic heterocycles. The lowest BCUT2D eigenvalue weighted by Crippen LogP contribution is -2.39. The molecule has 2 aromatic rings. The lowest BCUT2D eigenvalue weighted by atomic mass is 10.1. The average Bonchev–Trinajstić information content (AvgIpc) is 2.53. The second kappa shape index (κ2) is 6.93. The fourth-order valence-electron chi connectivity index (χ4n) is 2.90. The Bertz CT molecular complexity index is 652. The minimum atomic E-state index is 0.857. The molecule has 1 aliphatic rings. The summed E-state index contributed by atoms with van der Waals surface area (Å²) in [5.74, 6) is 0. The van der Waals surface area contributed by atoms with Crippen LogP contribution in [0.1, 0.15) is 29.5 Å². The second-order valence-corrected chi connectivity index (χ2v) is 6.34. The number of thiocarbonyl (C=S) groups is 1. The monoisotopic (exact) mass is 310 g/mol. The summed E-state index contributed by atoms with van der Waals surface area (Å²) in [6.07, 6.45) is 3.51. The summed E-state index contributed by atoms with van der Waals surface area (Å²) in [5.41, 5.74) is 5.23. The van der Waals surface area contributed by atoms with Gasteiger partial charge < -0.3 is 10.2 Å². The van der Waals surface area contributed by atoms with Gasteiger partial charge in [-0.3, -0.25) is 0 Å². The number of nitrogens with zero attached hydrogens (tertiary/aromatic N) is 1. The first-order valence-electron chi connectivity index (χ1n) is 7.92. The zero-order chi connectivity index (χ0) is 15.4. The number of anilines is 1. The number of benzene rings is 2. The molecule has 1 aliphatic heterocycles. The van der Waals surface area contributed by atoms with E-state index < -0.39 is 0 Å². The first-order chi connectivity index (χ1) is 10.7. The zero-order valence-electron chi connectivity index (χ0n) is 13.0. The quantitative estimate of drug-likeness (QED) is 0.645. The van der Waals surface area contributed by atoms with Gasteiger partial charge >= 0.3 is 0 Å². The van der Waals surface area contributed by atoms with E-state index in [4.69, 9.17) is 12.2 Å². The molecule has 3 heteroatoms. The topological polar surface area (TPSA) is 15.3 Å². The van der Waals surface area contributed by atoms with Crippen molar-refractivity contribution in [2.24, 2.45) is 0 Å². The molecule has 2 nitrogen and oxygen atoms in total. The summed E-state index contributed by atoms with van der Waals surface area (Å²) < 4.78 is 0. The molecule has 0 fully saturated rings. The van der Waals surface area contributed by atoms with Crippen LogP contribution in [0.3, 0.4) is 0 Å². The van der Waals surface area contributed by atoms with Crippen molar-refractivity contribution in [1.82, 2.24) is 4.90 Å². The number of hydrogen-bond acceptors (Lipinski definition) is 1. The third-order valence-corrected chi connectivity index (χ3v) is 4.50. The molecule has 1 heterocycles. The molecule has 0 radical (unpaired) electrons. The van der Waals surface area contributed by atoms with Crippen molar-refractivity contribution in [2.75, 3.05) is 11.9 Å². The number of rotatable bonds is 5. The van der Waals surface area contributed by atoms with Crippen molar-refractivity contribution in [1.29, 1.82) is 0 Å². The molecule has 3 rings (SSSR count). The highest BCUT2D eigenvalue weighted by molar-refractivity contribution is 7.80. The van der Waals surface area contributed by atoms with Crippen molar-refractivity contribution in [3.63, 3.8) is 0 Å². The molecular formula is C19H22N2S. The highest BCUT2D eigenvalue weighted by Crippen LogP contribution is 2.24. The van der Waals surface area contributed by atoms with Gasteiger partial charge in [-0.15, -0.1) is 0 Å². The van der Waals surface area contributed by atoms with Gasteiger partial charge in [-0.1, -0.05) is 48.0 Å². The molecule has 0 bridgehead atoms. The Morgan fingerprint density at radius 1 is 1.09 bits per heavy atom. The van der Waals surface area contributed by atoms with Crippen molar-refractivity contribution in [3.8, 4) is 0 Å². The van der Waals surface area contributed by atoms with Gasteiger partial charge in [0.15, 0.2) is 5.11 Å². The van der Waals surface area contributed by atoms with Gasteiger partial charge in [-0.2, -0.15) is 0 Å². The smallest absolute Gasteiger partial charge is 0.173 e. The van der Waals surface area contributed by atoms with Crippen LogP contribution in [0.5, 0.6) is 0 Å². The molecule has 0 unspecified atom stereocenters. The summed E-state index contributed by atoms with van der Waals surface area (Å²) in [6, 6.07) is 17.2. The Morgan fingerprint density at radius 3 is 2.73 bits per heavy atom. The maximum absolute atomic E-state index is 5.49. The van der Waals surface area contributed by atoms with E-state index in [0.29, 0.717) is 0 Å². The fraction of sp³-hybridized carbons (Fsp3) is 0.316. The Kier molecular flexibility index (Phi) is 4.74. The minimum absolute atomic E-state index is 0.857. The summed E-state index contributed by atoms with van der Waals surface area (Å²) in [6.45, 7) is 4.08. The van der Waals surface area contributed by atoms with E-state index in [-0.39, 0.29) is 0 Å². The van der Waals surface area contributed by atoms with Crippen molar-refractivity contribution in [2.45, 2.75) is 32.7 Å². The van der Waals surface area contributed by atoms with E-state index in [9.17, 15) is 0 Å². The van der Waals surface area contributed by atoms with Gasteiger partial charge in [0, 0.05) is 18.8 Å².